The van der Waals surface area contributed by atoms with Gasteiger partial charge in [0.05, 0.1) is 4.90 Å². The van der Waals surface area contributed by atoms with E-state index in [4.69, 9.17) is 11.6 Å². The number of thioether (sulfide) groups is 1. The van der Waals surface area contributed by atoms with Gasteiger partial charge in [-0.25, -0.2) is 12.7 Å². The summed E-state index contributed by atoms with van der Waals surface area (Å²) in [5.41, 5.74) is 1.87. The lowest BCUT2D eigenvalue weighted by molar-refractivity contribution is 0.488. The third-order valence-electron chi connectivity index (χ3n) is 2.78. The molecule has 0 aromatic heterocycles. The lowest BCUT2D eigenvalue weighted by Crippen LogP contribution is -2.29. The topological polar surface area (TPSA) is 37.4 Å². The number of rotatable bonds is 6. The molecular weight excluding hydrogens is 290 g/mol. The summed E-state index contributed by atoms with van der Waals surface area (Å²) in [6, 6.07) is 5.09. The number of hydrogen-bond donors (Lipinski definition) is 0. The smallest absolute Gasteiger partial charge is 0.207 e. The Bertz CT molecular complexity index is 503. The summed E-state index contributed by atoms with van der Waals surface area (Å²) in [5, 5.41) is 0. The first kappa shape index (κ1) is 15.8. The zero-order valence-electron chi connectivity index (χ0n) is 10.8. The number of hydrogen-bond acceptors (Lipinski definition) is 3. The van der Waals surface area contributed by atoms with Crippen molar-refractivity contribution in [3.8, 4) is 0 Å². The molecule has 0 saturated carbocycles. The zero-order chi connectivity index (χ0) is 13.8. The maximum atomic E-state index is 12.3. The highest BCUT2D eigenvalue weighted by molar-refractivity contribution is 7.98. The first-order chi connectivity index (χ1) is 8.43. The van der Waals surface area contributed by atoms with Crippen molar-refractivity contribution in [3.63, 3.8) is 0 Å². The molecule has 1 aromatic carbocycles. The van der Waals surface area contributed by atoms with Crippen molar-refractivity contribution in [2.45, 2.75) is 17.7 Å². The van der Waals surface area contributed by atoms with E-state index in [9.17, 15) is 8.42 Å². The first-order valence-corrected chi connectivity index (χ1v) is 8.91. The van der Waals surface area contributed by atoms with Crippen molar-refractivity contribution in [3.05, 3.63) is 29.3 Å². The van der Waals surface area contributed by atoms with Crippen LogP contribution in [-0.2, 0) is 15.9 Å². The van der Waals surface area contributed by atoms with E-state index in [2.05, 4.69) is 0 Å². The van der Waals surface area contributed by atoms with Gasteiger partial charge in [-0.3, -0.25) is 0 Å². The SMILES string of the molecule is CSCCN(C)S(=O)(=O)c1ccc(C)c(CCl)c1. The van der Waals surface area contributed by atoms with Crippen LogP contribution >= 0.6 is 23.4 Å². The van der Waals surface area contributed by atoms with Crippen LogP contribution in [0.4, 0.5) is 0 Å². The molecule has 0 fully saturated rings. The van der Waals surface area contributed by atoms with Crippen LogP contribution in [0.3, 0.4) is 0 Å². The van der Waals surface area contributed by atoms with Crippen molar-refractivity contribution >= 4 is 33.4 Å². The van der Waals surface area contributed by atoms with E-state index >= 15 is 0 Å². The summed E-state index contributed by atoms with van der Waals surface area (Å²) in [7, 11) is -1.80. The van der Waals surface area contributed by atoms with Crippen LogP contribution in [0.1, 0.15) is 11.1 Å². The van der Waals surface area contributed by atoms with Crippen LogP contribution in [0.5, 0.6) is 0 Å². The molecule has 0 atom stereocenters. The third kappa shape index (κ3) is 3.63. The lowest BCUT2D eigenvalue weighted by Gasteiger charge is -2.17. The predicted octanol–water partition coefficient (Wildman–Crippen LogP) is 2.72. The molecule has 0 heterocycles. The molecule has 102 valence electrons. The Hall–Kier alpha value is -0.230. The summed E-state index contributed by atoms with van der Waals surface area (Å²) in [4.78, 5) is 0.312. The molecule has 0 saturated heterocycles. The van der Waals surface area contributed by atoms with Gasteiger partial charge in [-0.1, -0.05) is 6.07 Å². The molecule has 0 aliphatic carbocycles. The zero-order valence-corrected chi connectivity index (χ0v) is 13.2. The largest absolute Gasteiger partial charge is 0.242 e. The Morgan fingerprint density at radius 1 is 1.39 bits per heavy atom. The number of sulfonamides is 1. The van der Waals surface area contributed by atoms with E-state index in [0.29, 0.717) is 17.3 Å². The number of halogens is 1. The summed E-state index contributed by atoms with van der Waals surface area (Å²) in [6.45, 7) is 2.43. The molecule has 0 unspecified atom stereocenters. The summed E-state index contributed by atoms with van der Waals surface area (Å²) in [5.74, 6) is 1.10. The monoisotopic (exact) mass is 307 g/mol. The molecule has 0 bridgehead atoms. The molecule has 0 amide bonds. The highest BCUT2D eigenvalue weighted by atomic mass is 35.5. The fourth-order valence-corrected chi connectivity index (χ4v) is 3.55. The molecular formula is C12H18ClNO2S2. The van der Waals surface area contributed by atoms with Gasteiger partial charge in [-0.05, 0) is 36.4 Å². The van der Waals surface area contributed by atoms with Gasteiger partial charge in [0, 0.05) is 25.2 Å². The molecule has 0 N–H and O–H groups in total. The Labute approximate surface area is 119 Å². The molecule has 0 aliphatic rings. The fraction of sp³-hybridized carbons (Fsp3) is 0.500. The maximum Gasteiger partial charge on any atom is 0.242 e. The quantitative estimate of drug-likeness (QED) is 0.758. The minimum atomic E-state index is -3.40. The average Bonchev–Trinajstić information content (AvgIpc) is 2.36. The van der Waals surface area contributed by atoms with E-state index < -0.39 is 10.0 Å². The maximum absolute atomic E-state index is 12.3. The highest BCUT2D eigenvalue weighted by Crippen LogP contribution is 2.20. The van der Waals surface area contributed by atoms with Crippen LogP contribution in [-0.4, -0.2) is 38.3 Å². The van der Waals surface area contributed by atoms with Crippen LogP contribution in [0.2, 0.25) is 0 Å². The van der Waals surface area contributed by atoms with Crippen molar-refractivity contribution in [1.82, 2.24) is 4.31 Å². The third-order valence-corrected chi connectivity index (χ3v) is 5.51. The number of alkyl halides is 1. The summed E-state index contributed by atoms with van der Waals surface area (Å²) in [6.07, 6.45) is 1.96. The van der Waals surface area contributed by atoms with Crippen molar-refractivity contribution in [1.29, 1.82) is 0 Å². The van der Waals surface area contributed by atoms with Gasteiger partial charge in [-0.15, -0.1) is 11.6 Å². The second-order valence-electron chi connectivity index (χ2n) is 4.04. The number of nitrogens with zero attached hydrogens (tertiary/aromatic N) is 1. The summed E-state index contributed by atoms with van der Waals surface area (Å²) < 4.78 is 26.0. The molecule has 1 rings (SSSR count). The van der Waals surface area contributed by atoms with Crippen molar-refractivity contribution in [2.24, 2.45) is 0 Å². The second-order valence-corrected chi connectivity index (χ2v) is 7.34. The van der Waals surface area contributed by atoms with Crippen LogP contribution < -0.4 is 0 Å². The van der Waals surface area contributed by atoms with Gasteiger partial charge in [0.15, 0.2) is 0 Å². The minimum absolute atomic E-state index is 0.312. The minimum Gasteiger partial charge on any atom is -0.207 e. The van der Waals surface area contributed by atoms with Gasteiger partial charge in [0.2, 0.25) is 10.0 Å². The number of aryl methyl sites for hydroxylation is 1. The van der Waals surface area contributed by atoms with Crippen molar-refractivity contribution < 1.29 is 8.42 Å². The molecule has 0 spiro atoms. The van der Waals surface area contributed by atoms with Crippen LogP contribution in [0, 0.1) is 6.92 Å². The lowest BCUT2D eigenvalue weighted by atomic mass is 10.1. The van der Waals surface area contributed by atoms with E-state index in [1.807, 2.05) is 13.2 Å². The van der Waals surface area contributed by atoms with Crippen LogP contribution in [0.15, 0.2) is 23.1 Å². The molecule has 0 radical (unpaired) electrons. The predicted molar refractivity (Wildman–Crippen MR) is 78.9 cm³/mol. The normalized spacial score (nSPS) is 12.1. The number of benzene rings is 1. The van der Waals surface area contributed by atoms with Gasteiger partial charge in [0.25, 0.3) is 0 Å². The fourth-order valence-electron chi connectivity index (χ4n) is 1.47. The van der Waals surface area contributed by atoms with Gasteiger partial charge in [0.1, 0.15) is 0 Å². The Morgan fingerprint density at radius 2 is 2.06 bits per heavy atom. The van der Waals surface area contributed by atoms with E-state index in [-0.39, 0.29) is 0 Å². The van der Waals surface area contributed by atoms with E-state index in [1.165, 1.54) is 4.31 Å². The standard InChI is InChI=1S/C12H18ClNO2S2/c1-10-4-5-12(8-11(10)9-13)18(15,16)14(2)6-7-17-3/h4-5,8H,6-7,9H2,1-3H3. The molecule has 6 heteroatoms. The summed E-state index contributed by atoms with van der Waals surface area (Å²) >= 11 is 7.43. The second kappa shape index (κ2) is 6.80. The molecule has 18 heavy (non-hydrogen) atoms. The van der Waals surface area contributed by atoms with E-state index in [1.54, 1.807) is 37.0 Å². The van der Waals surface area contributed by atoms with Crippen molar-refractivity contribution in [2.75, 3.05) is 25.6 Å². The Balaban J connectivity index is 3.05. The molecule has 3 nitrogen and oxygen atoms in total. The first-order valence-electron chi connectivity index (χ1n) is 5.54. The van der Waals surface area contributed by atoms with Gasteiger partial charge in [-0.2, -0.15) is 11.8 Å². The highest BCUT2D eigenvalue weighted by Gasteiger charge is 2.20. The van der Waals surface area contributed by atoms with Crippen LogP contribution in [0.25, 0.3) is 0 Å². The van der Waals surface area contributed by atoms with E-state index in [0.717, 1.165) is 16.9 Å². The van der Waals surface area contributed by atoms with Gasteiger partial charge >= 0.3 is 0 Å². The Kier molecular flexibility index (Phi) is 5.98. The molecule has 1 aromatic rings. The molecule has 0 aliphatic heterocycles. The Morgan fingerprint density at radius 3 is 2.61 bits per heavy atom. The average molecular weight is 308 g/mol. The van der Waals surface area contributed by atoms with Gasteiger partial charge < -0.3 is 0 Å².